The van der Waals surface area contributed by atoms with Crippen LogP contribution in [0.3, 0.4) is 0 Å². The van der Waals surface area contributed by atoms with Gasteiger partial charge in [0.05, 0.1) is 17.8 Å². The molecule has 2 aromatic rings. The molecule has 0 saturated carbocycles. The standard InChI is InChI=1S/C17H12F3NO3/c1-10(22)13-3-2-4-14-15(13)24-17(19,20)16(23)21(14)9-11-5-7-12(18)8-6-11/h2-8H,9H2,1H3. The zero-order valence-corrected chi connectivity index (χ0v) is 12.6. The van der Waals surface area contributed by atoms with Crippen molar-refractivity contribution in [3.63, 3.8) is 0 Å². The zero-order valence-electron chi connectivity index (χ0n) is 12.6. The third-order valence-electron chi connectivity index (χ3n) is 3.64. The maximum Gasteiger partial charge on any atom is 0.483 e. The molecule has 0 bridgehead atoms. The molecule has 7 heteroatoms. The molecular formula is C17H12F3NO3. The van der Waals surface area contributed by atoms with Crippen LogP contribution in [-0.4, -0.2) is 17.8 Å². The van der Waals surface area contributed by atoms with E-state index >= 15 is 0 Å². The number of ketones is 1. The summed E-state index contributed by atoms with van der Waals surface area (Å²) in [5.41, 5.74) is 0.494. The summed E-state index contributed by atoms with van der Waals surface area (Å²) in [7, 11) is 0. The molecule has 0 unspecified atom stereocenters. The number of rotatable bonds is 3. The third-order valence-corrected chi connectivity index (χ3v) is 3.64. The molecule has 24 heavy (non-hydrogen) atoms. The number of hydrogen-bond acceptors (Lipinski definition) is 3. The van der Waals surface area contributed by atoms with Crippen molar-refractivity contribution in [2.45, 2.75) is 19.6 Å². The predicted molar refractivity (Wildman–Crippen MR) is 79.6 cm³/mol. The summed E-state index contributed by atoms with van der Waals surface area (Å²) in [6.07, 6.45) is -4.08. The summed E-state index contributed by atoms with van der Waals surface area (Å²) in [5, 5.41) is 0. The summed E-state index contributed by atoms with van der Waals surface area (Å²) in [6.45, 7) is 1.02. The van der Waals surface area contributed by atoms with Crippen molar-refractivity contribution in [3.8, 4) is 5.75 Å². The number of para-hydroxylation sites is 1. The van der Waals surface area contributed by atoms with Gasteiger partial charge in [-0.25, -0.2) is 4.39 Å². The molecule has 4 nitrogen and oxygen atoms in total. The van der Waals surface area contributed by atoms with E-state index in [1.165, 1.54) is 49.4 Å². The number of benzene rings is 2. The first-order chi connectivity index (χ1) is 11.3. The predicted octanol–water partition coefficient (Wildman–Crippen LogP) is 3.55. The molecule has 0 aliphatic carbocycles. The summed E-state index contributed by atoms with van der Waals surface area (Å²) in [6, 6.07) is 9.38. The smallest absolute Gasteiger partial charge is 0.422 e. The molecule has 124 valence electrons. The van der Waals surface area contributed by atoms with E-state index in [2.05, 4.69) is 4.74 Å². The lowest BCUT2D eigenvalue weighted by atomic mass is 10.1. The highest BCUT2D eigenvalue weighted by molar-refractivity contribution is 6.05. The summed E-state index contributed by atoms with van der Waals surface area (Å²) < 4.78 is 45.4. The molecule has 0 N–H and O–H groups in total. The maximum atomic E-state index is 14.0. The molecule has 0 saturated heterocycles. The zero-order chi connectivity index (χ0) is 17.5. The SMILES string of the molecule is CC(=O)c1cccc2c1OC(F)(F)C(=O)N2Cc1ccc(F)cc1. The van der Waals surface area contributed by atoms with Gasteiger partial charge in [-0.15, -0.1) is 0 Å². The first kappa shape index (κ1) is 16.0. The Labute approximate surface area is 135 Å². The average molecular weight is 335 g/mol. The molecule has 0 atom stereocenters. The highest BCUT2D eigenvalue weighted by Crippen LogP contribution is 2.42. The fourth-order valence-corrected chi connectivity index (χ4v) is 2.49. The Balaban J connectivity index is 2.08. The van der Waals surface area contributed by atoms with Crippen molar-refractivity contribution in [2.75, 3.05) is 4.90 Å². The first-order valence-corrected chi connectivity index (χ1v) is 7.07. The van der Waals surface area contributed by atoms with Crippen molar-refractivity contribution in [1.82, 2.24) is 0 Å². The van der Waals surface area contributed by atoms with Gasteiger partial charge in [0, 0.05) is 0 Å². The Morgan fingerprint density at radius 3 is 2.46 bits per heavy atom. The van der Waals surface area contributed by atoms with E-state index in [1.54, 1.807) is 0 Å². The van der Waals surface area contributed by atoms with Gasteiger partial charge in [-0.2, -0.15) is 8.78 Å². The second kappa shape index (κ2) is 5.67. The number of nitrogens with zero attached hydrogens (tertiary/aromatic N) is 1. The molecule has 1 aliphatic heterocycles. The van der Waals surface area contributed by atoms with Crippen LogP contribution in [0.4, 0.5) is 18.9 Å². The van der Waals surface area contributed by atoms with Crippen molar-refractivity contribution in [3.05, 3.63) is 59.4 Å². The molecular weight excluding hydrogens is 323 g/mol. The molecule has 0 radical (unpaired) electrons. The van der Waals surface area contributed by atoms with Crippen molar-refractivity contribution < 1.29 is 27.5 Å². The first-order valence-electron chi connectivity index (χ1n) is 7.07. The number of fused-ring (bicyclic) bond motifs is 1. The highest BCUT2D eigenvalue weighted by atomic mass is 19.3. The number of alkyl halides is 2. The number of ether oxygens (including phenoxy) is 1. The number of anilines is 1. The van der Waals surface area contributed by atoms with Crippen LogP contribution in [0.2, 0.25) is 0 Å². The van der Waals surface area contributed by atoms with Crippen molar-refractivity contribution in [1.29, 1.82) is 0 Å². The van der Waals surface area contributed by atoms with Gasteiger partial charge in [-0.05, 0) is 36.8 Å². The molecule has 3 rings (SSSR count). The molecule has 0 aromatic heterocycles. The maximum absolute atomic E-state index is 14.0. The van der Waals surface area contributed by atoms with Crippen LogP contribution in [0.5, 0.6) is 5.75 Å². The lowest BCUT2D eigenvalue weighted by Gasteiger charge is -2.34. The van der Waals surface area contributed by atoms with Gasteiger partial charge in [-0.3, -0.25) is 14.5 Å². The Bertz CT molecular complexity index is 818. The molecule has 0 fully saturated rings. The topological polar surface area (TPSA) is 46.6 Å². The van der Waals surface area contributed by atoms with Crippen LogP contribution >= 0.6 is 0 Å². The van der Waals surface area contributed by atoms with E-state index in [9.17, 15) is 22.8 Å². The Morgan fingerprint density at radius 2 is 1.83 bits per heavy atom. The van der Waals surface area contributed by atoms with Gasteiger partial charge in [0.2, 0.25) is 0 Å². The summed E-state index contributed by atoms with van der Waals surface area (Å²) in [5.74, 6) is -2.81. The fraction of sp³-hybridized carbons (Fsp3) is 0.176. The van der Waals surface area contributed by atoms with Crippen LogP contribution in [-0.2, 0) is 11.3 Å². The number of halogens is 3. The van der Waals surface area contributed by atoms with Crippen LogP contribution in [0.15, 0.2) is 42.5 Å². The quantitative estimate of drug-likeness (QED) is 0.806. The Morgan fingerprint density at radius 1 is 1.17 bits per heavy atom. The second-order valence-corrected chi connectivity index (χ2v) is 5.35. The summed E-state index contributed by atoms with van der Waals surface area (Å²) >= 11 is 0. The number of hydrogen-bond donors (Lipinski definition) is 0. The molecule has 1 heterocycles. The van der Waals surface area contributed by atoms with Crippen molar-refractivity contribution in [2.24, 2.45) is 0 Å². The minimum absolute atomic E-state index is 0.0382. The van der Waals surface area contributed by atoms with Crippen LogP contribution < -0.4 is 9.64 Å². The number of carbonyl (C=O) groups is 2. The van der Waals surface area contributed by atoms with Gasteiger partial charge in [0.1, 0.15) is 5.82 Å². The lowest BCUT2D eigenvalue weighted by molar-refractivity contribution is -0.193. The highest BCUT2D eigenvalue weighted by Gasteiger charge is 2.51. The van der Waals surface area contributed by atoms with E-state index in [0.29, 0.717) is 5.56 Å². The number of Topliss-reactive ketones (excluding diaryl/α,β-unsaturated/α-hetero) is 1. The second-order valence-electron chi connectivity index (χ2n) is 5.35. The summed E-state index contributed by atoms with van der Waals surface area (Å²) in [4.78, 5) is 24.5. The molecule has 1 aliphatic rings. The molecule has 0 spiro atoms. The van der Waals surface area contributed by atoms with Crippen LogP contribution in [0.1, 0.15) is 22.8 Å². The van der Waals surface area contributed by atoms with E-state index in [4.69, 9.17) is 0 Å². The monoisotopic (exact) mass is 335 g/mol. The third kappa shape index (κ3) is 2.73. The van der Waals surface area contributed by atoms with E-state index < -0.39 is 23.6 Å². The van der Waals surface area contributed by atoms with Gasteiger partial charge in [0.25, 0.3) is 0 Å². The largest absolute Gasteiger partial charge is 0.483 e. The molecule has 1 amide bonds. The molecule has 2 aromatic carbocycles. The van der Waals surface area contributed by atoms with Gasteiger partial charge < -0.3 is 4.74 Å². The van der Waals surface area contributed by atoms with Crippen LogP contribution in [0, 0.1) is 5.82 Å². The minimum Gasteiger partial charge on any atom is -0.422 e. The number of carbonyl (C=O) groups excluding carboxylic acids is 2. The van der Waals surface area contributed by atoms with Gasteiger partial charge >= 0.3 is 12.0 Å². The minimum atomic E-state index is -4.08. The Kier molecular flexibility index (Phi) is 3.79. The van der Waals surface area contributed by atoms with Crippen molar-refractivity contribution >= 4 is 17.4 Å². The van der Waals surface area contributed by atoms with E-state index in [-0.39, 0.29) is 23.5 Å². The van der Waals surface area contributed by atoms with Gasteiger partial charge in [-0.1, -0.05) is 18.2 Å². The van der Waals surface area contributed by atoms with E-state index in [1.807, 2.05) is 0 Å². The number of amides is 1. The van der Waals surface area contributed by atoms with Crippen LogP contribution in [0.25, 0.3) is 0 Å². The Hall–Kier alpha value is -2.83. The fourth-order valence-electron chi connectivity index (χ4n) is 2.49. The average Bonchev–Trinajstić information content (AvgIpc) is 2.52. The lowest BCUT2D eigenvalue weighted by Crippen LogP contribution is -2.50. The van der Waals surface area contributed by atoms with Gasteiger partial charge in [0.15, 0.2) is 11.5 Å². The normalized spacial score (nSPS) is 15.7. The van der Waals surface area contributed by atoms with E-state index in [0.717, 1.165) is 4.90 Å².